The molecule has 0 spiro atoms. The van der Waals surface area contributed by atoms with Gasteiger partial charge in [-0.25, -0.2) is 8.42 Å². The fourth-order valence-electron chi connectivity index (χ4n) is 0.609. The van der Waals surface area contributed by atoms with Crippen molar-refractivity contribution in [3.05, 3.63) is 0 Å². The van der Waals surface area contributed by atoms with Crippen molar-refractivity contribution in [2.45, 2.75) is 19.4 Å². The van der Waals surface area contributed by atoms with E-state index in [1.807, 2.05) is 0 Å². The summed E-state index contributed by atoms with van der Waals surface area (Å²) in [4.78, 5) is 0. The largest absolute Gasteiger partial charge is 0.328 e. The van der Waals surface area contributed by atoms with Crippen molar-refractivity contribution < 1.29 is 8.42 Å². The Morgan fingerprint density at radius 3 is 2.50 bits per heavy atom. The Balaban J connectivity index is 3.65. The third-order valence-corrected chi connectivity index (χ3v) is 1.53. The summed E-state index contributed by atoms with van der Waals surface area (Å²) >= 11 is 0. The molecule has 0 aromatic carbocycles. The minimum Gasteiger partial charge on any atom is -0.328 e. The number of nitrogens with one attached hydrogen (secondary N) is 1. The lowest BCUT2D eigenvalue weighted by molar-refractivity contribution is 0.617. The second-order valence-electron chi connectivity index (χ2n) is 2.28. The lowest BCUT2D eigenvalue weighted by Gasteiger charge is -2.02. The summed E-state index contributed by atoms with van der Waals surface area (Å²) in [5, 5.41) is 7.09. The highest BCUT2D eigenvalue weighted by molar-refractivity contribution is 7.73. The molecule has 0 aromatic rings. The number of nitrogens with two attached hydrogens (primary N) is 1. The molecule has 0 aliphatic carbocycles. The van der Waals surface area contributed by atoms with Crippen LogP contribution in [0.15, 0.2) is 0 Å². The highest BCUT2D eigenvalue weighted by Crippen LogP contribution is 1.88. The van der Waals surface area contributed by atoms with Crippen molar-refractivity contribution in [1.29, 1.82) is 5.41 Å². The van der Waals surface area contributed by atoms with Crippen LogP contribution in [-0.2, 0) is 10.7 Å². The van der Waals surface area contributed by atoms with Crippen molar-refractivity contribution in [3.8, 4) is 0 Å². The molecule has 5 heteroatoms. The van der Waals surface area contributed by atoms with E-state index in [-0.39, 0.29) is 17.5 Å². The summed E-state index contributed by atoms with van der Waals surface area (Å²) in [6.07, 6.45) is 0.364. The zero-order chi connectivity index (χ0) is 8.15. The van der Waals surface area contributed by atoms with Gasteiger partial charge in [0.05, 0.1) is 5.75 Å². The Labute approximate surface area is 61.9 Å². The maximum absolute atomic E-state index is 10.0. The standard InChI is InChI=1S/C5H12N2O2S/c1-4(6)2-5(7)3-10(8)9/h4,7,10H,2-3,6H2,1H3. The first kappa shape index (κ1) is 9.58. The van der Waals surface area contributed by atoms with E-state index in [9.17, 15) is 8.42 Å². The van der Waals surface area contributed by atoms with E-state index in [4.69, 9.17) is 11.1 Å². The quantitative estimate of drug-likeness (QED) is 0.381. The van der Waals surface area contributed by atoms with Gasteiger partial charge in [0.1, 0.15) is 10.7 Å². The molecule has 0 bridgehead atoms. The molecule has 1 unspecified atom stereocenters. The molecule has 0 heterocycles. The Morgan fingerprint density at radius 2 is 2.20 bits per heavy atom. The van der Waals surface area contributed by atoms with Crippen LogP contribution < -0.4 is 5.73 Å². The first-order valence-corrected chi connectivity index (χ1v) is 4.32. The molecule has 4 nitrogen and oxygen atoms in total. The first-order valence-electron chi connectivity index (χ1n) is 2.96. The van der Waals surface area contributed by atoms with Crippen LogP contribution in [0, 0.1) is 5.41 Å². The zero-order valence-corrected chi connectivity index (χ0v) is 6.73. The molecule has 0 saturated carbocycles. The monoisotopic (exact) mass is 164 g/mol. The van der Waals surface area contributed by atoms with Crippen molar-refractivity contribution in [1.82, 2.24) is 0 Å². The van der Waals surface area contributed by atoms with Crippen LogP contribution in [-0.4, -0.2) is 25.9 Å². The number of rotatable bonds is 4. The summed E-state index contributed by atoms with van der Waals surface area (Å²) in [7, 11) is -2.45. The lowest BCUT2D eigenvalue weighted by atomic mass is 10.2. The maximum atomic E-state index is 10.0. The van der Waals surface area contributed by atoms with E-state index in [2.05, 4.69) is 0 Å². The zero-order valence-electron chi connectivity index (χ0n) is 5.83. The van der Waals surface area contributed by atoms with E-state index < -0.39 is 10.7 Å². The Bertz CT molecular complexity index is 178. The molecule has 0 aliphatic heterocycles. The summed E-state index contributed by atoms with van der Waals surface area (Å²) < 4.78 is 20.1. The molecule has 0 fully saturated rings. The fourth-order valence-corrected chi connectivity index (χ4v) is 1.05. The first-order chi connectivity index (χ1) is 4.52. The van der Waals surface area contributed by atoms with Crippen LogP contribution in [0.5, 0.6) is 0 Å². The van der Waals surface area contributed by atoms with Gasteiger partial charge in [0.15, 0.2) is 0 Å². The molecule has 0 amide bonds. The van der Waals surface area contributed by atoms with Crippen molar-refractivity contribution in [2.24, 2.45) is 5.73 Å². The van der Waals surface area contributed by atoms with Gasteiger partial charge < -0.3 is 11.1 Å². The summed E-state index contributed by atoms with van der Waals surface area (Å²) in [6.45, 7) is 1.74. The molecule has 60 valence electrons. The van der Waals surface area contributed by atoms with E-state index in [0.29, 0.717) is 6.42 Å². The Morgan fingerprint density at radius 1 is 1.70 bits per heavy atom. The molecule has 1 atom stereocenters. The second kappa shape index (κ2) is 4.40. The lowest BCUT2D eigenvalue weighted by Crippen LogP contribution is -2.21. The van der Waals surface area contributed by atoms with Gasteiger partial charge >= 0.3 is 0 Å². The van der Waals surface area contributed by atoms with Gasteiger partial charge in [0, 0.05) is 18.2 Å². The highest BCUT2D eigenvalue weighted by Gasteiger charge is 2.01. The normalized spacial score (nSPS) is 13.5. The summed E-state index contributed by atoms with van der Waals surface area (Å²) in [5.74, 6) is -0.156. The second-order valence-corrected chi connectivity index (χ2v) is 3.26. The number of hydrogen-bond acceptors (Lipinski definition) is 4. The van der Waals surface area contributed by atoms with Crippen LogP contribution >= 0.6 is 0 Å². The fraction of sp³-hybridized carbons (Fsp3) is 0.800. The van der Waals surface area contributed by atoms with Gasteiger partial charge in [0.2, 0.25) is 0 Å². The molecular formula is C5H12N2O2S. The third kappa shape index (κ3) is 5.71. The average Bonchev–Trinajstić information content (AvgIpc) is 1.58. The van der Waals surface area contributed by atoms with Gasteiger partial charge in [-0.1, -0.05) is 0 Å². The molecule has 3 N–H and O–H groups in total. The van der Waals surface area contributed by atoms with Crippen molar-refractivity contribution >= 4 is 16.4 Å². The number of thiol groups is 1. The van der Waals surface area contributed by atoms with Crippen molar-refractivity contribution in [2.75, 3.05) is 5.75 Å². The molecule has 0 radical (unpaired) electrons. The van der Waals surface area contributed by atoms with Crippen molar-refractivity contribution in [3.63, 3.8) is 0 Å². The van der Waals surface area contributed by atoms with Gasteiger partial charge in [-0.15, -0.1) is 0 Å². The van der Waals surface area contributed by atoms with Gasteiger partial charge in [-0.3, -0.25) is 0 Å². The van der Waals surface area contributed by atoms with Crippen LogP contribution in [0.4, 0.5) is 0 Å². The van der Waals surface area contributed by atoms with Gasteiger partial charge in [0.25, 0.3) is 0 Å². The molecular weight excluding hydrogens is 152 g/mol. The highest BCUT2D eigenvalue weighted by atomic mass is 32.2. The predicted octanol–water partition coefficient (Wildman–Crippen LogP) is -0.645. The molecule has 0 aliphatic rings. The molecule has 0 aromatic heterocycles. The van der Waals surface area contributed by atoms with E-state index in [1.54, 1.807) is 6.92 Å². The van der Waals surface area contributed by atoms with Crippen LogP contribution in [0.2, 0.25) is 0 Å². The average molecular weight is 164 g/mol. The van der Waals surface area contributed by atoms with Gasteiger partial charge in [-0.05, 0) is 6.92 Å². The SMILES string of the molecule is CC(N)CC(=N)C[SH](=O)=O. The van der Waals surface area contributed by atoms with E-state index in [1.165, 1.54) is 0 Å². The number of hydrogen-bond donors (Lipinski definition) is 3. The predicted molar refractivity (Wildman–Crippen MR) is 41.2 cm³/mol. The molecule has 0 saturated heterocycles. The summed E-state index contributed by atoms with van der Waals surface area (Å²) in [6, 6.07) is -0.123. The minimum atomic E-state index is -2.45. The Kier molecular flexibility index (Phi) is 4.22. The maximum Gasteiger partial charge on any atom is 0.145 e. The Hall–Kier alpha value is -0.420. The summed E-state index contributed by atoms with van der Waals surface area (Å²) in [5.41, 5.74) is 5.52. The van der Waals surface area contributed by atoms with Gasteiger partial charge in [-0.2, -0.15) is 0 Å². The van der Waals surface area contributed by atoms with E-state index in [0.717, 1.165) is 0 Å². The molecule has 10 heavy (non-hydrogen) atoms. The third-order valence-electron chi connectivity index (χ3n) is 0.888. The van der Waals surface area contributed by atoms with Crippen LogP contribution in [0.3, 0.4) is 0 Å². The minimum absolute atomic E-state index is 0.123. The van der Waals surface area contributed by atoms with Crippen LogP contribution in [0.1, 0.15) is 13.3 Å². The smallest absolute Gasteiger partial charge is 0.145 e. The van der Waals surface area contributed by atoms with Crippen LogP contribution in [0.25, 0.3) is 0 Å². The molecule has 0 rings (SSSR count). The van der Waals surface area contributed by atoms with E-state index >= 15 is 0 Å². The topological polar surface area (TPSA) is 84.0 Å².